The Morgan fingerprint density at radius 1 is 0.821 bits per heavy atom. The van der Waals surface area contributed by atoms with E-state index in [2.05, 4.69) is 30.4 Å². The van der Waals surface area contributed by atoms with Gasteiger partial charge in [-0.05, 0) is 35.7 Å². The van der Waals surface area contributed by atoms with E-state index in [4.69, 9.17) is 0 Å². The molecule has 0 amide bonds. The van der Waals surface area contributed by atoms with E-state index in [0.29, 0.717) is 4.90 Å². The second-order valence-corrected chi connectivity index (χ2v) is 8.99. The molecule has 0 bridgehead atoms. The quantitative estimate of drug-likeness (QED) is 0.533. The zero-order valence-electron chi connectivity index (χ0n) is 16.4. The first-order chi connectivity index (χ1) is 13.5. The minimum absolute atomic E-state index is 0.00318. The van der Waals surface area contributed by atoms with Crippen LogP contribution in [-0.4, -0.2) is 21.2 Å². The first-order valence-corrected chi connectivity index (χ1v) is 11.6. The molecule has 0 radical (unpaired) electrons. The van der Waals surface area contributed by atoms with Gasteiger partial charge in [0.25, 0.3) is 0 Å². The number of rotatable bonds is 8. The van der Waals surface area contributed by atoms with Gasteiger partial charge in [0, 0.05) is 11.8 Å². The lowest BCUT2D eigenvalue weighted by atomic mass is 9.91. The molecular formula is C24H27NO2S. The lowest BCUT2D eigenvalue weighted by Gasteiger charge is -2.23. The van der Waals surface area contributed by atoms with E-state index in [0.717, 1.165) is 36.1 Å². The van der Waals surface area contributed by atoms with Crippen LogP contribution in [0.25, 0.3) is 11.1 Å². The van der Waals surface area contributed by atoms with Gasteiger partial charge in [-0.2, -0.15) is 0 Å². The van der Waals surface area contributed by atoms with E-state index in [1.165, 1.54) is 11.8 Å². The maximum absolute atomic E-state index is 12.4. The van der Waals surface area contributed by atoms with Crippen molar-refractivity contribution < 1.29 is 8.42 Å². The smallest absolute Gasteiger partial charge is 0.176 e. The summed E-state index contributed by atoms with van der Waals surface area (Å²) in [6.07, 6.45) is 3.47. The summed E-state index contributed by atoms with van der Waals surface area (Å²) >= 11 is 0. The zero-order chi connectivity index (χ0) is 20.0. The Kier molecular flexibility index (Phi) is 6.65. The van der Waals surface area contributed by atoms with Crippen molar-refractivity contribution in [2.45, 2.75) is 30.7 Å². The van der Waals surface area contributed by atoms with Gasteiger partial charge in [-0.1, -0.05) is 86.1 Å². The Labute approximate surface area is 168 Å². The Bertz CT molecular complexity index is 1010. The molecule has 0 fully saturated rings. The Morgan fingerprint density at radius 2 is 1.43 bits per heavy atom. The fourth-order valence-corrected chi connectivity index (χ4v) is 4.39. The molecule has 0 aliphatic heterocycles. The highest BCUT2D eigenvalue weighted by Crippen LogP contribution is 2.35. The van der Waals surface area contributed by atoms with Crippen molar-refractivity contribution in [3.8, 4) is 11.1 Å². The maximum Gasteiger partial charge on any atom is 0.176 e. The highest BCUT2D eigenvalue weighted by atomic mass is 32.2. The number of benzene rings is 3. The third-order valence-electron chi connectivity index (χ3n) is 4.86. The van der Waals surface area contributed by atoms with Crippen molar-refractivity contribution in [3.63, 3.8) is 0 Å². The van der Waals surface area contributed by atoms with E-state index < -0.39 is 9.84 Å². The van der Waals surface area contributed by atoms with Crippen LogP contribution in [0.15, 0.2) is 83.8 Å². The van der Waals surface area contributed by atoms with Gasteiger partial charge in [-0.15, -0.1) is 0 Å². The number of nitrogens with one attached hydrogen (secondary N) is 1. The summed E-state index contributed by atoms with van der Waals surface area (Å²) in [5.74, 6) is 0. The topological polar surface area (TPSA) is 46.2 Å². The lowest BCUT2D eigenvalue weighted by molar-refractivity contribution is 0.579. The van der Waals surface area contributed by atoms with Crippen molar-refractivity contribution in [1.82, 2.24) is 5.32 Å². The zero-order valence-corrected chi connectivity index (χ0v) is 17.2. The van der Waals surface area contributed by atoms with Crippen LogP contribution in [0.5, 0.6) is 0 Å². The molecule has 0 aliphatic rings. The SMILES string of the molecule is CCCCNC(c1ccccc1)c1ccccc1-c1ccccc1S(C)(=O)=O. The van der Waals surface area contributed by atoms with Crippen LogP contribution in [0.4, 0.5) is 0 Å². The van der Waals surface area contributed by atoms with E-state index >= 15 is 0 Å². The van der Waals surface area contributed by atoms with Crippen LogP contribution in [0.3, 0.4) is 0 Å². The summed E-state index contributed by atoms with van der Waals surface area (Å²) < 4.78 is 24.7. The number of unbranched alkanes of at least 4 members (excludes halogenated alkanes) is 1. The summed E-state index contributed by atoms with van der Waals surface area (Å²) in [6.45, 7) is 3.08. The standard InChI is InChI=1S/C24H27NO2S/c1-3-4-18-25-24(19-12-6-5-7-13-19)22-16-9-8-14-20(22)21-15-10-11-17-23(21)28(2,26)27/h5-17,24-25H,3-4,18H2,1-2H3. The lowest BCUT2D eigenvalue weighted by Crippen LogP contribution is -2.24. The minimum Gasteiger partial charge on any atom is -0.306 e. The molecule has 1 unspecified atom stereocenters. The molecule has 0 aliphatic carbocycles. The molecule has 0 spiro atoms. The fraction of sp³-hybridized carbons (Fsp3) is 0.250. The Balaban J connectivity index is 2.15. The molecule has 0 saturated carbocycles. The van der Waals surface area contributed by atoms with Gasteiger partial charge in [0.2, 0.25) is 0 Å². The van der Waals surface area contributed by atoms with Gasteiger partial charge in [0.05, 0.1) is 10.9 Å². The predicted molar refractivity (Wildman–Crippen MR) is 116 cm³/mol. The number of hydrogen-bond donors (Lipinski definition) is 1. The molecule has 0 heterocycles. The largest absolute Gasteiger partial charge is 0.306 e. The van der Waals surface area contributed by atoms with E-state index in [9.17, 15) is 8.42 Å². The van der Waals surface area contributed by atoms with Crippen molar-refractivity contribution >= 4 is 9.84 Å². The van der Waals surface area contributed by atoms with Crippen LogP contribution in [0.1, 0.15) is 36.9 Å². The summed E-state index contributed by atoms with van der Waals surface area (Å²) in [5, 5.41) is 3.67. The second-order valence-electron chi connectivity index (χ2n) is 7.01. The Hall–Kier alpha value is -2.43. The number of hydrogen-bond acceptors (Lipinski definition) is 3. The van der Waals surface area contributed by atoms with Crippen molar-refractivity contribution in [2.75, 3.05) is 12.8 Å². The maximum atomic E-state index is 12.4. The average molecular weight is 394 g/mol. The molecule has 3 rings (SSSR count). The van der Waals surface area contributed by atoms with Gasteiger partial charge in [0.15, 0.2) is 9.84 Å². The molecule has 3 aromatic carbocycles. The summed E-state index contributed by atoms with van der Waals surface area (Å²) in [6, 6.07) is 25.6. The molecule has 3 aromatic rings. The van der Waals surface area contributed by atoms with Crippen molar-refractivity contribution in [1.29, 1.82) is 0 Å². The van der Waals surface area contributed by atoms with E-state index in [1.807, 2.05) is 48.5 Å². The predicted octanol–water partition coefficient (Wildman–Crippen LogP) is 5.24. The summed E-state index contributed by atoms with van der Waals surface area (Å²) in [7, 11) is -3.33. The van der Waals surface area contributed by atoms with Gasteiger partial charge in [0.1, 0.15) is 0 Å². The molecule has 1 N–H and O–H groups in total. The second kappa shape index (κ2) is 9.18. The van der Waals surface area contributed by atoms with Gasteiger partial charge in [-0.25, -0.2) is 8.42 Å². The molecule has 3 nitrogen and oxygen atoms in total. The normalized spacial score (nSPS) is 12.6. The van der Waals surface area contributed by atoms with Crippen LogP contribution in [-0.2, 0) is 9.84 Å². The molecule has 0 saturated heterocycles. The van der Waals surface area contributed by atoms with Gasteiger partial charge in [-0.3, -0.25) is 0 Å². The highest BCUT2D eigenvalue weighted by molar-refractivity contribution is 7.90. The molecule has 146 valence electrons. The van der Waals surface area contributed by atoms with Crippen LogP contribution < -0.4 is 5.32 Å². The van der Waals surface area contributed by atoms with Crippen LogP contribution >= 0.6 is 0 Å². The molecule has 4 heteroatoms. The third kappa shape index (κ3) is 4.70. The van der Waals surface area contributed by atoms with E-state index in [1.54, 1.807) is 12.1 Å². The fourth-order valence-electron chi connectivity index (χ4n) is 3.48. The molecule has 28 heavy (non-hydrogen) atoms. The van der Waals surface area contributed by atoms with Crippen LogP contribution in [0.2, 0.25) is 0 Å². The first-order valence-electron chi connectivity index (χ1n) is 9.69. The van der Waals surface area contributed by atoms with Gasteiger partial charge < -0.3 is 5.32 Å². The number of sulfone groups is 1. The average Bonchev–Trinajstić information content (AvgIpc) is 2.71. The molecule has 1 atom stereocenters. The van der Waals surface area contributed by atoms with Crippen molar-refractivity contribution in [3.05, 3.63) is 90.0 Å². The van der Waals surface area contributed by atoms with Gasteiger partial charge >= 0.3 is 0 Å². The monoisotopic (exact) mass is 393 g/mol. The third-order valence-corrected chi connectivity index (χ3v) is 6.02. The van der Waals surface area contributed by atoms with Crippen molar-refractivity contribution in [2.24, 2.45) is 0 Å². The Morgan fingerprint density at radius 3 is 2.11 bits per heavy atom. The molecular weight excluding hydrogens is 366 g/mol. The minimum atomic E-state index is -3.33. The van der Waals surface area contributed by atoms with E-state index in [-0.39, 0.29) is 6.04 Å². The summed E-state index contributed by atoms with van der Waals surface area (Å²) in [5.41, 5.74) is 3.95. The summed E-state index contributed by atoms with van der Waals surface area (Å²) in [4.78, 5) is 0.364. The first kappa shape index (κ1) is 20.3. The van der Waals surface area contributed by atoms with Crippen LogP contribution in [0, 0.1) is 0 Å². The highest BCUT2D eigenvalue weighted by Gasteiger charge is 2.21. The molecule has 0 aromatic heterocycles.